The van der Waals surface area contributed by atoms with Gasteiger partial charge in [-0.2, -0.15) is 0 Å². The van der Waals surface area contributed by atoms with E-state index in [0.717, 1.165) is 30.4 Å². The number of carbonyl (C=O) groups excluding carboxylic acids is 5. The summed E-state index contributed by atoms with van der Waals surface area (Å²) in [6, 6.07) is 3.26. The first kappa shape index (κ1) is 20.1. The number of Topliss-reactive ketones (excluding diaryl/α,β-unsaturated/α-hetero) is 4. The van der Waals surface area contributed by atoms with E-state index in [-0.39, 0.29) is 24.2 Å². The molecule has 8 heteroatoms. The second-order valence-corrected chi connectivity index (χ2v) is 9.48. The summed E-state index contributed by atoms with van der Waals surface area (Å²) in [7, 11) is 0. The minimum absolute atomic E-state index is 0.0839. The van der Waals surface area contributed by atoms with Gasteiger partial charge in [0.2, 0.25) is 5.91 Å². The second-order valence-electron chi connectivity index (χ2n) is 9.48. The van der Waals surface area contributed by atoms with Gasteiger partial charge in [-0.3, -0.25) is 24.0 Å². The molecule has 4 N–H and O–H groups in total. The van der Waals surface area contributed by atoms with Gasteiger partial charge in [0.15, 0.2) is 34.7 Å². The van der Waals surface area contributed by atoms with Crippen molar-refractivity contribution in [3.63, 3.8) is 0 Å². The Bertz CT molecular complexity index is 1070. The Morgan fingerprint density at radius 1 is 1.10 bits per heavy atom. The van der Waals surface area contributed by atoms with Crippen molar-refractivity contribution in [1.82, 2.24) is 0 Å². The van der Waals surface area contributed by atoms with Gasteiger partial charge < -0.3 is 15.9 Å². The number of rotatable bonds is 3. The largest absolute Gasteiger partial charge is 0.507 e. The Balaban J connectivity index is 1.57. The number of amides is 1. The molecule has 3 saturated carbocycles. The molecule has 162 valence electrons. The van der Waals surface area contributed by atoms with Gasteiger partial charge in [-0.1, -0.05) is 6.07 Å². The number of benzene rings is 1. The van der Waals surface area contributed by atoms with Crippen LogP contribution >= 0.6 is 0 Å². The molecule has 5 rings (SSSR count). The predicted octanol–water partition coefficient (Wildman–Crippen LogP) is 0.279. The van der Waals surface area contributed by atoms with Crippen LogP contribution in [0.15, 0.2) is 12.1 Å². The fourth-order valence-electron chi connectivity index (χ4n) is 5.86. The standard InChI is InChI=1S/C23H23NO7/c24-22(30)18-15(26)8-12-6-11-7-13-10(5-9-1-2-9)3-4-14(25)17(13)19(27)16(11)20(28)23(12,31)21(18)29/h3-4,9,11-12,16,18,25,31H,1-2,5-8H2,(H2,24,30)/t11-,12+,16?,18?,23+/m1/s1. The first-order valence-electron chi connectivity index (χ1n) is 10.7. The summed E-state index contributed by atoms with van der Waals surface area (Å²) in [6.45, 7) is 0. The van der Waals surface area contributed by atoms with Crippen molar-refractivity contribution in [1.29, 1.82) is 0 Å². The fourth-order valence-corrected chi connectivity index (χ4v) is 5.86. The van der Waals surface area contributed by atoms with E-state index in [1.54, 1.807) is 0 Å². The van der Waals surface area contributed by atoms with E-state index in [9.17, 15) is 34.2 Å². The van der Waals surface area contributed by atoms with E-state index in [4.69, 9.17) is 5.73 Å². The molecule has 5 atom stereocenters. The first-order valence-corrected chi connectivity index (χ1v) is 10.7. The Hall–Kier alpha value is -2.87. The normalized spacial score (nSPS) is 34.7. The quantitative estimate of drug-likeness (QED) is 0.588. The molecule has 0 saturated heterocycles. The van der Waals surface area contributed by atoms with E-state index in [1.165, 1.54) is 6.07 Å². The molecule has 0 heterocycles. The highest BCUT2D eigenvalue weighted by Gasteiger charge is 2.66. The van der Waals surface area contributed by atoms with Gasteiger partial charge in [0.1, 0.15) is 5.75 Å². The highest BCUT2D eigenvalue weighted by molar-refractivity contribution is 6.31. The maximum Gasteiger partial charge on any atom is 0.235 e. The highest BCUT2D eigenvalue weighted by Crippen LogP contribution is 2.50. The highest BCUT2D eigenvalue weighted by atomic mass is 16.3. The lowest BCUT2D eigenvalue weighted by Crippen LogP contribution is -2.68. The zero-order valence-corrected chi connectivity index (χ0v) is 16.8. The van der Waals surface area contributed by atoms with E-state index in [1.807, 2.05) is 6.07 Å². The van der Waals surface area contributed by atoms with Crippen LogP contribution in [-0.4, -0.2) is 44.9 Å². The molecule has 31 heavy (non-hydrogen) atoms. The third-order valence-electron chi connectivity index (χ3n) is 7.59. The maximum absolute atomic E-state index is 13.4. The number of phenols is 1. The Morgan fingerprint density at radius 3 is 2.45 bits per heavy atom. The van der Waals surface area contributed by atoms with Crippen LogP contribution in [0, 0.1) is 29.6 Å². The van der Waals surface area contributed by atoms with Crippen molar-refractivity contribution in [2.45, 2.75) is 44.1 Å². The molecule has 1 aromatic rings. The minimum Gasteiger partial charge on any atom is -0.507 e. The number of hydrogen-bond acceptors (Lipinski definition) is 7. The van der Waals surface area contributed by atoms with E-state index >= 15 is 0 Å². The minimum atomic E-state index is -2.59. The summed E-state index contributed by atoms with van der Waals surface area (Å²) >= 11 is 0. The Morgan fingerprint density at radius 2 is 1.81 bits per heavy atom. The first-order chi connectivity index (χ1) is 14.6. The molecule has 0 spiro atoms. The van der Waals surface area contributed by atoms with Gasteiger partial charge in [-0.25, -0.2) is 0 Å². The molecule has 2 unspecified atom stereocenters. The predicted molar refractivity (Wildman–Crippen MR) is 105 cm³/mol. The van der Waals surface area contributed by atoms with Crippen LogP contribution in [0.4, 0.5) is 0 Å². The maximum atomic E-state index is 13.4. The number of hydrogen-bond donors (Lipinski definition) is 3. The molecule has 0 aromatic heterocycles. The van der Waals surface area contributed by atoms with Crippen LogP contribution in [0.2, 0.25) is 0 Å². The monoisotopic (exact) mass is 425 g/mol. The molecule has 8 nitrogen and oxygen atoms in total. The van der Waals surface area contributed by atoms with Crippen molar-refractivity contribution in [2.24, 2.45) is 35.3 Å². The number of phenolic OH excluding ortho intramolecular Hbond substituents is 1. The molecular weight excluding hydrogens is 402 g/mol. The zero-order chi connectivity index (χ0) is 22.2. The number of aromatic hydroxyl groups is 1. The van der Waals surface area contributed by atoms with Crippen molar-refractivity contribution >= 4 is 29.0 Å². The summed E-state index contributed by atoms with van der Waals surface area (Å²) in [5.74, 6) is -9.06. The van der Waals surface area contributed by atoms with Crippen LogP contribution in [0.1, 0.15) is 47.2 Å². The SMILES string of the molecule is NC(=O)C1C(=O)C[C@@H]2C[C@@H]3Cc4c(CC5CC5)ccc(O)c4C(=O)C3C(=O)[C@]2(O)C1=O. The van der Waals surface area contributed by atoms with Crippen molar-refractivity contribution in [2.75, 3.05) is 0 Å². The molecule has 0 aliphatic heterocycles. The van der Waals surface area contributed by atoms with Crippen LogP contribution < -0.4 is 5.73 Å². The van der Waals surface area contributed by atoms with Crippen LogP contribution in [-0.2, 0) is 32.0 Å². The zero-order valence-electron chi connectivity index (χ0n) is 16.8. The lowest BCUT2D eigenvalue weighted by molar-refractivity contribution is -0.175. The number of carbonyl (C=O) groups is 5. The lowest BCUT2D eigenvalue weighted by atomic mass is 9.53. The Labute approximate surface area is 177 Å². The topological polar surface area (TPSA) is 152 Å². The average Bonchev–Trinajstić information content (AvgIpc) is 3.50. The number of aliphatic hydroxyl groups is 1. The smallest absolute Gasteiger partial charge is 0.235 e. The number of ketones is 4. The third kappa shape index (κ3) is 2.74. The second kappa shape index (κ2) is 6.56. The third-order valence-corrected chi connectivity index (χ3v) is 7.59. The molecular formula is C23H23NO7. The molecule has 0 bridgehead atoms. The molecule has 3 fully saturated rings. The fraction of sp³-hybridized carbons (Fsp3) is 0.522. The van der Waals surface area contributed by atoms with Crippen molar-refractivity contribution < 1.29 is 34.2 Å². The number of fused-ring (bicyclic) bond motifs is 3. The van der Waals surface area contributed by atoms with E-state index in [2.05, 4.69) is 0 Å². The van der Waals surface area contributed by atoms with Crippen LogP contribution in [0.5, 0.6) is 5.75 Å². The molecule has 0 radical (unpaired) electrons. The van der Waals surface area contributed by atoms with Crippen LogP contribution in [0.3, 0.4) is 0 Å². The van der Waals surface area contributed by atoms with Gasteiger partial charge in [0, 0.05) is 12.3 Å². The van der Waals surface area contributed by atoms with Crippen LogP contribution in [0.25, 0.3) is 0 Å². The number of nitrogens with two attached hydrogens (primary N) is 1. The molecule has 4 aliphatic rings. The molecule has 1 amide bonds. The summed E-state index contributed by atoms with van der Waals surface area (Å²) in [5, 5.41) is 21.6. The van der Waals surface area contributed by atoms with Gasteiger partial charge in [0.05, 0.1) is 11.5 Å². The van der Waals surface area contributed by atoms with Gasteiger partial charge in [0.25, 0.3) is 0 Å². The average molecular weight is 425 g/mol. The van der Waals surface area contributed by atoms with Gasteiger partial charge >= 0.3 is 0 Å². The summed E-state index contributed by atoms with van der Waals surface area (Å²) in [6.07, 6.45) is 3.19. The van der Waals surface area contributed by atoms with E-state index in [0.29, 0.717) is 12.3 Å². The summed E-state index contributed by atoms with van der Waals surface area (Å²) < 4.78 is 0. The molecule has 1 aromatic carbocycles. The summed E-state index contributed by atoms with van der Waals surface area (Å²) in [5.41, 5.74) is 4.36. The summed E-state index contributed by atoms with van der Waals surface area (Å²) in [4.78, 5) is 63.6. The molecule has 4 aliphatic carbocycles. The van der Waals surface area contributed by atoms with Crippen molar-refractivity contribution in [3.8, 4) is 5.75 Å². The Kier molecular flexibility index (Phi) is 4.25. The number of primary amides is 1. The van der Waals surface area contributed by atoms with E-state index < -0.39 is 58.3 Å². The lowest BCUT2D eigenvalue weighted by Gasteiger charge is -2.48. The van der Waals surface area contributed by atoms with Gasteiger partial charge in [-0.15, -0.1) is 0 Å². The van der Waals surface area contributed by atoms with Crippen molar-refractivity contribution in [3.05, 3.63) is 28.8 Å². The van der Waals surface area contributed by atoms with Gasteiger partial charge in [-0.05, 0) is 61.1 Å².